The molecular formula is C35H52N2O3S2. The first-order valence-corrected chi connectivity index (χ1v) is 18.1. The van der Waals surface area contributed by atoms with E-state index < -0.39 is 5.97 Å². The van der Waals surface area contributed by atoms with E-state index in [-0.39, 0.29) is 12.5 Å². The number of thioether (sulfide) groups is 1. The number of anilines is 1. The lowest BCUT2D eigenvalue weighted by molar-refractivity contribution is -0.140. The molecule has 3 aliphatic rings. The molecule has 0 radical (unpaired) electrons. The van der Waals surface area contributed by atoms with Gasteiger partial charge in [0.15, 0.2) is 0 Å². The van der Waals surface area contributed by atoms with Crippen molar-refractivity contribution < 1.29 is 14.7 Å². The van der Waals surface area contributed by atoms with Gasteiger partial charge in [-0.25, -0.2) is 0 Å². The fourth-order valence-electron chi connectivity index (χ4n) is 7.12. The average molecular weight is 613 g/mol. The SMILES string of the molecule is CCCCCCCCCCCCCCCCCCN1c2ccc(C=C3SC(=S)N(CC(=O)O)C3=O)cc2C2CCCC21. The van der Waals surface area contributed by atoms with Crippen LogP contribution in [0.5, 0.6) is 0 Å². The van der Waals surface area contributed by atoms with Crippen molar-refractivity contribution in [2.75, 3.05) is 18.0 Å². The minimum absolute atomic E-state index is 0.309. The van der Waals surface area contributed by atoms with Crippen molar-refractivity contribution in [3.8, 4) is 0 Å². The number of fused-ring (bicyclic) bond motifs is 3. The molecule has 4 rings (SSSR count). The maximum absolute atomic E-state index is 12.7. The smallest absolute Gasteiger partial charge is 0.323 e. The molecule has 2 fully saturated rings. The third-order valence-electron chi connectivity index (χ3n) is 9.36. The number of nitrogens with zero attached hydrogens (tertiary/aromatic N) is 2. The van der Waals surface area contributed by atoms with E-state index in [1.165, 1.54) is 150 Å². The second-order valence-corrected chi connectivity index (χ2v) is 14.3. The number of rotatable bonds is 20. The topological polar surface area (TPSA) is 60.9 Å². The van der Waals surface area contributed by atoms with Gasteiger partial charge in [0.25, 0.3) is 5.91 Å². The van der Waals surface area contributed by atoms with E-state index in [0.717, 1.165) is 12.1 Å². The van der Waals surface area contributed by atoms with Crippen molar-refractivity contribution >= 4 is 51.9 Å². The number of hydrogen-bond donors (Lipinski definition) is 1. The zero-order chi connectivity index (χ0) is 29.7. The van der Waals surface area contributed by atoms with Gasteiger partial charge >= 0.3 is 5.97 Å². The zero-order valence-corrected chi connectivity index (χ0v) is 27.4. The summed E-state index contributed by atoms with van der Waals surface area (Å²) in [7, 11) is 0. The Kier molecular flexibility index (Phi) is 13.7. The van der Waals surface area contributed by atoms with Gasteiger partial charge in [-0.3, -0.25) is 14.5 Å². The van der Waals surface area contributed by atoms with Gasteiger partial charge in [-0.1, -0.05) is 140 Å². The van der Waals surface area contributed by atoms with E-state index in [2.05, 4.69) is 30.0 Å². The Labute approximate surface area is 263 Å². The Hall–Kier alpha value is -1.86. The average Bonchev–Trinajstić information content (AvgIpc) is 3.63. The van der Waals surface area contributed by atoms with Crippen molar-refractivity contribution in [2.45, 2.75) is 141 Å². The Morgan fingerprint density at radius 1 is 0.929 bits per heavy atom. The minimum Gasteiger partial charge on any atom is -0.480 e. The first-order chi connectivity index (χ1) is 20.5. The van der Waals surface area contributed by atoms with Crippen LogP contribution in [0.3, 0.4) is 0 Å². The van der Waals surface area contributed by atoms with E-state index in [9.17, 15) is 9.59 Å². The quantitative estimate of drug-likeness (QED) is 0.0899. The van der Waals surface area contributed by atoms with Crippen LogP contribution >= 0.6 is 24.0 Å². The van der Waals surface area contributed by atoms with Gasteiger partial charge in [0, 0.05) is 24.2 Å². The highest BCUT2D eigenvalue weighted by Gasteiger charge is 2.41. The number of carboxylic acids is 1. The van der Waals surface area contributed by atoms with Crippen LogP contribution in [0, 0.1) is 0 Å². The van der Waals surface area contributed by atoms with E-state index in [1.54, 1.807) is 0 Å². The zero-order valence-electron chi connectivity index (χ0n) is 25.8. The lowest BCUT2D eigenvalue weighted by Gasteiger charge is -2.27. The third-order valence-corrected chi connectivity index (χ3v) is 10.7. The predicted molar refractivity (Wildman–Crippen MR) is 181 cm³/mol. The standard InChI is InChI=1S/C35H52N2O3S2/c1-2-3-4-5-6-7-8-9-10-11-12-13-14-15-16-17-23-36-30-20-18-19-28(30)29-24-27(21-22-31(29)36)25-32-34(40)37(26-33(38)39)35(41)42-32/h21-22,24-25,28,30H,2-20,23,26H2,1H3,(H,38,39). The molecule has 232 valence electrons. The molecule has 1 aromatic rings. The van der Waals surface area contributed by atoms with Gasteiger partial charge in [0.2, 0.25) is 0 Å². The number of carbonyl (C=O) groups is 2. The molecule has 1 aliphatic carbocycles. The Morgan fingerprint density at radius 2 is 1.52 bits per heavy atom. The molecule has 1 aromatic carbocycles. The Morgan fingerprint density at radius 3 is 2.12 bits per heavy atom. The number of amides is 1. The van der Waals surface area contributed by atoms with Gasteiger partial charge in [0.05, 0.1) is 4.91 Å². The lowest BCUT2D eigenvalue weighted by atomic mass is 9.96. The Balaban J connectivity index is 1.15. The lowest BCUT2D eigenvalue weighted by Crippen LogP contribution is -2.33. The van der Waals surface area contributed by atoms with Crippen LogP contribution in [-0.2, 0) is 9.59 Å². The molecule has 0 bridgehead atoms. The van der Waals surface area contributed by atoms with Crippen molar-refractivity contribution in [1.29, 1.82) is 0 Å². The number of carbonyl (C=O) groups excluding carboxylic acids is 1. The highest BCUT2D eigenvalue weighted by Crippen LogP contribution is 2.49. The van der Waals surface area contributed by atoms with Crippen LogP contribution in [-0.4, -0.2) is 45.3 Å². The molecule has 1 amide bonds. The molecule has 1 saturated heterocycles. The molecule has 7 heteroatoms. The molecule has 2 heterocycles. The van der Waals surface area contributed by atoms with Crippen molar-refractivity contribution in [2.24, 2.45) is 0 Å². The van der Waals surface area contributed by atoms with Crippen LogP contribution in [0.25, 0.3) is 6.08 Å². The Bertz CT molecular complexity index is 1090. The van der Waals surface area contributed by atoms with E-state index in [4.69, 9.17) is 17.3 Å². The molecule has 1 N–H and O–H groups in total. The number of thiocarbonyl (C=S) groups is 1. The number of benzene rings is 1. The maximum Gasteiger partial charge on any atom is 0.323 e. The molecule has 42 heavy (non-hydrogen) atoms. The molecule has 0 aromatic heterocycles. The summed E-state index contributed by atoms with van der Waals surface area (Å²) in [5, 5.41) is 9.10. The summed E-state index contributed by atoms with van der Waals surface area (Å²) in [5.41, 5.74) is 3.80. The number of aliphatic carboxylic acids is 1. The summed E-state index contributed by atoms with van der Waals surface area (Å²) in [6, 6.07) is 7.21. The van der Waals surface area contributed by atoms with E-state index in [1.807, 2.05) is 6.08 Å². The first kappa shape index (κ1) is 33.0. The second kappa shape index (κ2) is 17.4. The number of unbranched alkanes of at least 4 members (excludes halogenated alkanes) is 15. The molecule has 5 nitrogen and oxygen atoms in total. The number of carboxylic acid groups (broad SMARTS) is 1. The summed E-state index contributed by atoms with van der Waals surface area (Å²) in [6.45, 7) is 3.04. The van der Waals surface area contributed by atoms with Gasteiger partial charge < -0.3 is 10.0 Å². The molecule has 1 saturated carbocycles. The third kappa shape index (κ3) is 9.32. The van der Waals surface area contributed by atoms with Gasteiger partial charge in [-0.2, -0.15) is 0 Å². The van der Waals surface area contributed by atoms with Crippen LogP contribution in [0.15, 0.2) is 23.1 Å². The summed E-state index contributed by atoms with van der Waals surface area (Å²) >= 11 is 6.45. The van der Waals surface area contributed by atoms with E-state index in [0.29, 0.717) is 21.2 Å². The first-order valence-electron chi connectivity index (χ1n) is 16.9. The summed E-state index contributed by atoms with van der Waals surface area (Å²) in [5.74, 6) is -0.783. The van der Waals surface area contributed by atoms with Gasteiger partial charge in [-0.15, -0.1) is 0 Å². The second-order valence-electron chi connectivity index (χ2n) is 12.6. The van der Waals surface area contributed by atoms with Crippen molar-refractivity contribution in [1.82, 2.24) is 4.90 Å². The maximum atomic E-state index is 12.7. The van der Waals surface area contributed by atoms with E-state index >= 15 is 0 Å². The summed E-state index contributed by atoms with van der Waals surface area (Å²) in [4.78, 5) is 28.2. The van der Waals surface area contributed by atoms with Crippen LogP contribution in [0.4, 0.5) is 5.69 Å². The summed E-state index contributed by atoms with van der Waals surface area (Å²) in [6.07, 6.45) is 28.0. The predicted octanol–water partition coefficient (Wildman–Crippen LogP) is 9.69. The fraction of sp³-hybridized carbons (Fsp3) is 0.686. The molecule has 2 atom stereocenters. The van der Waals surface area contributed by atoms with Crippen LogP contribution in [0.2, 0.25) is 0 Å². The van der Waals surface area contributed by atoms with Crippen molar-refractivity contribution in [3.63, 3.8) is 0 Å². The largest absolute Gasteiger partial charge is 0.480 e. The highest BCUT2D eigenvalue weighted by atomic mass is 32.2. The minimum atomic E-state index is -1.05. The molecule has 2 aliphatic heterocycles. The normalized spacial score (nSPS) is 20.6. The van der Waals surface area contributed by atoms with Gasteiger partial charge in [-0.05, 0) is 48.6 Å². The molecule has 0 spiro atoms. The summed E-state index contributed by atoms with van der Waals surface area (Å²) < 4.78 is 0.315. The van der Waals surface area contributed by atoms with Crippen LogP contribution in [0.1, 0.15) is 146 Å². The molecule has 2 unspecified atom stereocenters. The highest BCUT2D eigenvalue weighted by molar-refractivity contribution is 8.26. The number of hydrogen-bond acceptors (Lipinski definition) is 5. The fourth-order valence-corrected chi connectivity index (χ4v) is 8.37. The van der Waals surface area contributed by atoms with Crippen LogP contribution < -0.4 is 4.90 Å². The van der Waals surface area contributed by atoms with Crippen molar-refractivity contribution in [3.05, 3.63) is 34.2 Å². The molecular weight excluding hydrogens is 561 g/mol. The van der Waals surface area contributed by atoms with Gasteiger partial charge in [0.1, 0.15) is 10.9 Å². The monoisotopic (exact) mass is 612 g/mol.